The first kappa shape index (κ1) is 11.3. The summed E-state index contributed by atoms with van der Waals surface area (Å²) in [6.07, 6.45) is 0.564. The zero-order valence-electron chi connectivity index (χ0n) is 8.22. The van der Waals surface area contributed by atoms with Crippen LogP contribution in [0.5, 0.6) is 0 Å². The molecule has 0 saturated carbocycles. The molecule has 1 aromatic rings. The summed E-state index contributed by atoms with van der Waals surface area (Å²) in [4.78, 5) is 11.9. The topological polar surface area (TPSA) is 17.1 Å². The maximum Gasteiger partial charge on any atom is 0.164 e. The Morgan fingerprint density at radius 3 is 2.87 bits per heavy atom. The summed E-state index contributed by atoms with van der Waals surface area (Å²) in [6, 6.07) is 3.43. The lowest BCUT2D eigenvalue weighted by atomic mass is 10.0. The van der Waals surface area contributed by atoms with E-state index < -0.39 is 0 Å². The molecule has 1 unspecified atom stereocenters. The Morgan fingerprint density at radius 2 is 2.13 bits per heavy atom. The van der Waals surface area contributed by atoms with E-state index in [1.54, 1.807) is 23.9 Å². The minimum Gasteiger partial charge on any atom is -0.294 e. The molecule has 0 N–H and O–H groups in total. The van der Waals surface area contributed by atoms with Crippen LogP contribution in [-0.2, 0) is 5.75 Å². The first-order valence-corrected chi connectivity index (χ1v) is 6.51. The van der Waals surface area contributed by atoms with Gasteiger partial charge in [-0.15, -0.1) is 0 Å². The Bertz CT molecular complexity index is 417. The van der Waals surface area contributed by atoms with Gasteiger partial charge in [0.25, 0.3) is 0 Å². The summed E-state index contributed by atoms with van der Waals surface area (Å²) in [7, 11) is 0. The lowest BCUT2D eigenvalue weighted by Gasteiger charge is -2.06. The molecule has 1 aliphatic heterocycles. The van der Waals surface area contributed by atoms with Gasteiger partial charge < -0.3 is 0 Å². The maximum absolute atomic E-state index is 11.9. The van der Waals surface area contributed by atoms with Crippen LogP contribution in [0.15, 0.2) is 12.1 Å². The summed E-state index contributed by atoms with van der Waals surface area (Å²) in [5.41, 5.74) is 1.63. The van der Waals surface area contributed by atoms with Crippen molar-refractivity contribution in [1.29, 1.82) is 0 Å². The highest BCUT2D eigenvalue weighted by atomic mass is 35.5. The minimum atomic E-state index is 0.145. The van der Waals surface area contributed by atoms with Crippen molar-refractivity contribution in [2.45, 2.75) is 24.3 Å². The number of carbonyl (C=O) groups is 1. The quantitative estimate of drug-likeness (QED) is 0.696. The van der Waals surface area contributed by atoms with Crippen LogP contribution in [0.25, 0.3) is 0 Å². The van der Waals surface area contributed by atoms with Crippen molar-refractivity contribution in [2.75, 3.05) is 0 Å². The van der Waals surface area contributed by atoms with Gasteiger partial charge in [-0.25, -0.2) is 0 Å². The summed E-state index contributed by atoms with van der Waals surface area (Å²) >= 11 is 13.7. The third-order valence-corrected chi connectivity index (χ3v) is 4.19. The van der Waals surface area contributed by atoms with Gasteiger partial charge in [0.1, 0.15) is 0 Å². The lowest BCUT2D eigenvalue weighted by molar-refractivity contribution is 0.0983. The highest BCUT2D eigenvalue weighted by Crippen LogP contribution is 2.34. The van der Waals surface area contributed by atoms with Crippen LogP contribution in [0.2, 0.25) is 10.0 Å². The first-order valence-electron chi connectivity index (χ1n) is 4.70. The van der Waals surface area contributed by atoms with E-state index in [1.165, 1.54) is 0 Å². The van der Waals surface area contributed by atoms with Gasteiger partial charge in [-0.3, -0.25) is 4.79 Å². The molecule has 0 spiro atoms. The molecule has 0 amide bonds. The molecule has 0 saturated heterocycles. The number of carbonyl (C=O) groups excluding carboxylic acids is 1. The molecular formula is C11H10Cl2OS. The molecular weight excluding hydrogens is 251 g/mol. The average Bonchev–Trinajstić information content (AvgIpc) is 2.27. The van der Waals surface area contributed by atoms with Crippen molar-refractivity contribution < 1.29 is 4.79 Å². The van der Waals surface area contributed by atoms with Crippen molar-refractivity contribution in [1.82, 2.24) is 0 Å². The van der Waals surface area contributed by atoms with Crippen LogP contribution < -0.4 is 0 Å². The van der Waals surface area contributed by atoms with E-state index in [0.29, 0.717) is 27.3 Å². The van der Waals surface area contributed by atoms with Gasteiger partial charge in [0, 0.05) is 33.0 Å². The fourth-order valence-corrected chi connectivity index (χ4v) is 3.33. The molecule has 2 rings (SSSR count). The second-order valence-corrected chi connectivity index (χ2v) is 5.93. The van der Waals surface area contributed by atoms with E-state index in [1.807, 2.05) is 0 Å². The zero-order valence-corrected chi connectivity index (χ0v) is 10.5. The number of halogens is 2. The van der Waals surface area contributed by atoms with Crippen LogP contribution >= 0.6 is 35.0 Å². The van der Waals surface area contributed by atoms with E-state index in [4.69, 9.17) is 23.2 Å². The maximum atomic E-state index is 11.9. The average molecular weight is 261 g/mol. The number of benzene rings is 1. The second-order valence-electron chi connectivity index (χ2n) is 3.66. The third-order valence-electron chi connectivity index (χ3n) is 2.45. The van der Waals surface area contributed by atoms with Crippen molar-refractivity contribution in [3.05, 3.63) is 33.3 Å². The van der Waals surface area contributed by atoms with Crippen molar-refractivity contribution in [3.8, 4) is 0 Å². The molecule has 4 heteroatoms. The number of ketones is 1. The smallest absolute Gasteiger partial charge is 0.164 e. The van der Waals surface area contributed by atoms with Crippen molar-refractivity contribution in [2.24, 2.45) is 0 Å². The predicted octanol–water partition coefficient (Wildman–Crippen LogP) is 4.20. The number of hydrogen-bond donors (Lipinski definition) is 0. The molecule has 1 heterocycles. The first-order chi connectivity index (χ1) is 7.08. The fraction of sp³-hybridized carbons (Fsp3) is 0.364. The molecule has 1 atom stereocenters. The summed E-state index contributed by atoms with van der Waals surface area (Å²) in [6.45, 7) is 2.06. The summed E-state index contributed by atoms with van der Waals surface area (Å²) in [5, 5.41) is 1.49. The molecule has 80 valence electrons. The molecule has 0 fully saturated rings. The van der Waals surface area contributed by atoms with E-state index in [2.05, 4.69) is 6.92 Å². The molecule has 0 radical (unpaired) electrons. The zero-order chi connectivity index (χ0) is 11.0. The van der Waals surface area contributed by atoms with E-state index in [0.717, 1.165) is 11.3 Å². The largest absolute Gasteiger partial charge is 0.294 e. The molecule has 0 aromatic heterocycles. The number of Topliss-reactive ketones (excluding diaryl/α,β-unsaturated/α-hetero) is 1. The predicted molar refractivity (Wildman–Crippen MR) is 66.2 cm³/mol. The second kappa shape index (κ2) is 4.36. The highest BCUT2D eigenvalue weighted by molar-refractivity contribution is 7.99. The molecule has 15 heavy (non-hydrogen) atoms. The van der Waals surface area contributed by atoms with E-state index >= 15 is 0 Å². The van der Waals surface area contributed by atoms with Crippen LogP contribution in [0, 0.1) is 0 Å². The lowest BCUT2D eigenvalue weighted by Crippen LogP contribution is -2.05. The number of hydrogen-bond acceptors (Lipinski definition) is 2. The molecule has 1 nitrogen and oxygen atoms in total. The molecule has 1 aromatic carbocycles. The van der Waals surface area contributed by atoms with Gasteiger partial charge in [0.05, 0.1) is 0 Å². The molecule has 1 aliphatic rings. The summed E-state index contributed by atoms with van der Waals surface area (Å²) < 4.78 is 0. The Morgan fingerprint density at radius 1 is 1.40 bits per heavy atom. The van der Waals surface area contributed by atoms with Crippen molar-refractivity contribution in [3.63, 3.8) is 0 Å². The van der Waals surface area contributed by atoms with Gasteiger partial charge in [-0.2, -0.15) is 11.8 Å². The van der Waals surface area contributed by atoms with Gasteiger partial charge >= 0.3 is 0 Å². The minimum absolute atomic E-state index is 0.145. The molecule has 0 bridgehead atoms. The fourth-order valence-electron chi connectivity index (χ4n) is 1.65. The van der Waals surface area contributed by atoms with E-state index in [9.17, 15) is 4.79 Å². The Labute approximate surface area is 103 Å². The Balaban J connectivity index is 2.53. The van der Waals surface area contributed by atoms with Crippen LogP contribution in [0.1, 0.15) is 29.3 Å². The normalized spacial score (nSPS) is 21.0. The van der Waals surface area contributed by atoms with Gasteiger partial charge in [-0.1, -0.05) is 30.1 Å². The van der Waals surface area contributed by atoms with Crippen molar-refractivity contribution >= 4 is 40.7 Å². The number of fused-ring (bicyclic) bond motifs is 1. The molecule has 0 aliphatic carbocycles. The van der Waals surface area contributed by atoms with Crippen LogP contribution in [0.3, 0.4) is 0 Å². The SMILES string of the molecule is CC1CC(=O)c2cc(Cl)cc(Cl)c2CS1. The Kier molecular flexibility index (Phi) is 3.29. The Hall–Kier alpha value is -0.180. The van der Waals surface area contributed by atoms with Gasteiger partial charge in [0.15, 0.2) is 5.78 Å². The summed E-state index contributed by atoms with van der Waals surface area (Å²) in [5.74, 6) is 0.935. The number of rotatable bonds is 0. The van der Waals surface area contributed by atoms with Gasteiger partial charge in [0.2, 0.25) is 0 Å². The van der Waals surface area contributed by atoms with Crippen LogP contribution in [0.4, 0.5) is 0 Å². The van der Waals surface area contributed by atoms with Gasteiger partial charge in [-0.05, 0) is 17.7 Å². The van der Waals surface area contributed by atoms with E-state index in [-0.39, 0.29) is 5.78 Å². The number of thioether (sulfide) groups is 1. The highest BCUT2D eigenvalue weighted by Gasteiger charge is 2.22. The third kappa shape index (κ3) is 2.32. The monoisotopic (exact) mass is 260 g/mol. The van der Waals surface area contributed by atoms with Crippen LogP contribution in [-0.4, -0.2) is 11.0 Å². The standard InChI is InChI=1S/C11H10Cl2OS/c1-6-2-11(14)8-3-7(12)4-10(13)9(8)5-15-6/h3-4,6H,2,5H2,1H3.